The van der Waals surface area contributed by atoms with Crippen LogP contribution in [0.5, 0.6) is 0 Å². The van der Waals surface area contributed by atoms with Crippen LogP contribution in [0.2, 0.25) is 0 Å². The second-order valence-electron chi connectivity index (χ2n) is 4.97. The van der Waals surface area contributed by atoms with E-state index in [0.29, 0.717) is 28.1 Å². The number of benzodiazepines with no additional fused rings is 1. The lowest BCUT2D eigenvalue weighted by molar-refractivity contribution is -0.116. The maximum absolute atomic E-state index is 14.2. The third-order valence-electron chi connectivity index (χ3n) is 3.66. The van der Waals surface area contributed by atoms with Gasteiger partial charge in [-0.1, -0.05) is 18.1 Å². The molecule has 0 radical (unpaired) electrons. The van der Waals surface area contributed by atoms with E-state index in [1.807, 2.05) is 0 Å². The molecule has 0 saturated heterocycles. The minimum Gasteiger partial charge on any atom is -0.313 e. The summed E-state index contributed by atoms with van der Waals surface area (Å²) in [6.07, 6.45) is 5.45. The Labute approximate surface area is 128 Å². The first-order valence-electron chi connectivity index (χ1n) is 6.78. The van der Waals surface area contributed by atoms with Gasteiger partial charge in [-0.25, -0.2) is 4.39 Å². The van der Waals surface area contributed by atoms with Crippen LogP contribution < -0.4 is 4.90 Å². The Balaban J connectivity index is 2.28. The summed E-state index contributed by atoms with van der Waals surface area (Å²) >= 11 is 0. The largest absolute Gasteiger partial charge is 0.313 e. The summed E-state index contributed by atoms with van der Waals surface area (Å²) in [5, 5.41) is 0. The number of carbonyl (C=O) groups is 1. The number of nitrogens with zero attached hydrogens (tertiary/aromatic N) is 2. The van der Waals surface area contributed by atoms with Crippen LogP contribution in [0.25, 0.3) is 0 Å². The Morgan fingerprint density at radius 3 is 2.73 bits per heavy atom. The number of amides is 1. The molecule has 0 bridgehead atoms. The first-order chi connectivity index (χ1) is 10.6. The van der Waals surface area contributed by atoms with E-state index in [1.54, 1.807) is 43.4 Å². The van der Waals surface area contributed by atoms with Crippen LogP contribution in [-0.4, -0.2) is 25.2 Å². The number of terminal acetylenes is 1. The highest BCUT2D eigenvalue weighted by atomic mass is 19.1. The quantitative estimate of drug-likeness (QED) is 0.744. The Morgan fingerprint density at radius 2 is 2.00 bits per heavy atom. The molecule has 0 aromatic heterocycles. The number of likely N-dealkylation sites (N-methyl/N-ethyl adjacent to an activating group) is 1. The van der Waals surface area contributed by atoms with E-state index >= 15 is 0 Å². The van der Waals surface area contributed by atoms with E-state index in [4.69, 9.17) is 6.42 Å². The summed E-state index contributed by atoms with van der Waals surface area (Å²) in [6.45, 7) is -0.0275. The van der Waals surface area contributed by atoms with Gasteiger partial charge in [0.25, 0.3) is 0 Å². The van der Waals surface area contributed by atoms with Crippen molar-refractivity contribution in [2.24, 2.45) is 4.99 Å². The molecular weight excluding hydrogens is 279 g/mol. The highest BCUT2D eigenvalue weighted by Crippen LogP contribution is 2.27. The minimum atomic E-state index is -0.379. The van der Waals surface area contributed by atoms with Gasteiger partial charge in [0.2, 0.25) is 5.91 Å². The highest BCUT2D eigenvalue weighted by Gasteiger charge is 2.23. The standard InChI is InChI=1S/C18H13FN2O/c1-3-12-8-9-16-14(10-12)18(20-11-17(22)21(16)2)13-6-4-5-7-15(13)19/h1,4-10H,11H2,2H3. The number of hydrogen-bond acceptors (Lipinski definition) is 2. The summed E-state index contributed by atoms with van der Waals surface area (Å²) in [5.41, 5.74) is 2.80. The second kappa shape index (κ2) is 5.45. The average molecular weight is 292 g/mol. The van der Waals surface area contributed by atoms with Crippen LogP contribution in [0.15, 0.2) is 47.5 Å². The number of hydrogen-bond donors (Lipinski definition) is 0. The molecule has 0 saturated carbocycles. The number of rotatable bonds is 1. The first-order valence-corrected chi connectivity index (χ1v) is 6.78. The van der Waals surface area contributed by atoms with Crippen molar-refractivity contribution in [3.8, 4) is 12.3 Å². The zero-order valence-corrected chi connectivity index (χ0v) is 12.0. The SMILES string of the molecule is C#Cc1ccc2c(c1)C(c1ccccc1F)=NCC(=O)N2C. The van der Waals surface area contributed by atoms with E-state index in [9.17, 15) is 9.18 Å². The fraction of sp³-hybridized carbons (Fsp3) is 0.111. The summed E-state index contributed by atoms with van der Waals surface area (Å²) in [5.74, 6) is 2.03. The number of benzene rings is 2. The second-order valence-corrected chi connectivity index (χ2v) is 4.97. The van der Waals surface area contributed by atoms with Crippen molar-refractivity contribution in [1.82, 2.24) is 0 Å². The third kappa shape index (κ3) is 2.27. The lowest BCUT2D eigenvalue weighted by Crippen LogP contribution is -2.27. The Morgan fingerprint density at radius 1 is 1.23 bits per heavy atom. The number of fused-ring (bicyclic) bond motifs is 1. The molecule has 1 aliphatic rings. The number of halogens is 1. The molecule has 108 valence electrons. The zero-order chi connectivity index (χ0) is 15.7. The molecule has 22 heavy (non-hydrogen) atoms. The van der Waals surface area contributed by atoms with Gasteiger partial charge in [0.15, 0.2) is 0 Å². The fourth-order valence-corrected chi connectivity index (χ4v) is 2.46. The van der Waals surface area contributed by atoms with Crippen LogP contribution in [0, 0.1) is 18.2 Å². The summed E-state index contributed by atoms with van der Waals surface area (Å²) in [6, 6.07) is 11.7. The van der Waals surface area contributed by atoms with Crippen LogP contribution in [-0.2, 0) is 4.79 Å². The van der Waals surface area contributed by atoms with Gasteiger partial charge >= 0.3 is 0 Å². The predicted octanol–water partition coefficient (Wildman–Crippen LogP) is 2.62. The van der Waals surface area contributed by atoms with E-state index in [2.05, 4.69) is 10.9 Å². The molecule has 1 heterocycles. The molecule has 2 aromatic carbocycles. The maximum atomic E-state index is 14.2. The highest BCUT2D eigenvalue weighted by molar-refractivity contribution is 6.19. The Kier molecular flexibility index (Phi) is 3.48. The van der Waals surface area contributed by atoms with Crippen molar-refractivity contribution in [2.45, 2.75) is 0 Å². The molecule has 0 unspecified atom stereocenters. The van der Waals surface area contributed by atoms with Gasteiger partial charge in [-0.2, -0.15) is 0 Å². The predicted molar refractivity (Wildman–Crippen MR) is 84.7 cm³/mol. The smallest absolute Gasteiger partial charge is 0.248 e. The van der Waals surface area contributed by atoms with Crippen molar-refractivity contribution in [3.05, 3.63) is 65.0 Å². The molecule has 1 amide bonds. The Bertz CT molecular complexity index is 833. The zero-order valence-electron chi connectivity index (χ0n) is 12.0. The molecule has 2 aromatic rings. The molecule has 0 aliphatic carbocycles. The monoisotopic (exact) mass is 292 g/mol. The molecule has 3 rings (SSSR count). The van der Waals surface area contributed by atoms with Crippen LogP contribution in [0.4, 0.5) is 10.1 Å². The molecule has 0 fully saturated rings. The van der Waals surface area contributed by atoms with E-state index in [1.165, 1.54) is 11.0 Å². The topological polar surface area (TPSA) is 32.7 Å². The molecule has 0 spiro atoms. The number of aliphatic imine (C=N–C) groups is 1. The molecular formula is C18H13FN2O. The molecule has 0 N–H and O–H groups in total. The molecule has 1 aliphatic heterocycles. The maximum Gasteiger partial charge on any atom is 0.248 e. The first kappa shape index (κ1) is 14.0. The van der Waals surface area contributed by atoms with Gasteiger partial charge in [0, 0.05) is 23.7 Å². The molecule has 3 nitrogen and oxygen atoms in total. The average Bonchev–Trinajstić information content (AvgIpc) is 2.66. The Hall–Kier alpha value is -2.93. The summed E-state index contributed by atoms with van der Waals surface area (Å²) in [7, 11) is 1.68. The van der Waals surface area contributed by atoms with Gasteiger partial charge in [0.05, 0.1) is 11.4 Å². The summed E-state index contributed by atoms with van der Waals surface area (Å²) < 4.78 is 14.2. The van der Waals surface area contributed by atoms with Crippen molar-refractivity contribution in [3.63, 3.8) is 0 Å². The molecule has 0 atom stereocenters. The molecule has 4 heteroatoms. The van der Waals surface area contributed by atoms with Gasteiger partial charge < -0.3 is 4.90 Å². The third-order valence-corrected chi connectivity index (χ3v) is 3.66. The number of anilines is 1. The van der Waals surface area contributed by atoms with Crippen molar-refractivity contribution < 1.29 is 9.18 Å². The van der Waals surface area contributed by atoms with Crippen molar-refractivity contribution in [1.29, 1.82) is 0 Å². The normalized spacial score (nSPS) is 14.0. The summed E-state index contributed by atoms with van der Waals surface area (Å²) in [4.78, 5) is 17.9. The van der Waals surface area contributed by atoms with Crippen molar-refractivity contribution >= 4 is 17.3 Å². The van der Waals surface area contributed by atoms with Gasteiger partial charge in [0.1, 0.15) is 12.4 Å². The van der Waals surface area contributed by atoms with Crippen LogP contribution in [0.1, 0.15) is 16.7 Å². The van der Waals surface area contributed by atoms with E-state index < -0.39 is 0 Å². The fourth-order valence-electron chi connectivity index (χ4n) is 2.46. The number of carbonyl (C=O) groups excluding carboxylic acids is 1. The van der Waals surface area contributed by atoms with Gasteiger partial charge in [-0.3, -0.25) is 9.79 Å². The van der Waals surface area contributed by atoms with E-state index in [0.717, 1.165) is 0 Å². The lowest BCUT2D eigenvalue weighted by atomic mass is 9.98. The van der Waals surface area contributed by atoms with Crippen LogP contribution >= 0.6 is 0 Å². The van der Waals surface area contributed by atoms with E-state index in [-0.39, 0.29) is 18.3 Å². The minimum absolute atomic E-state index is 0.0275. The van der Waals surface area contributed by atoms with Gasteiger partial charge in [-0.05, 0) is 30.3 Å². The van der Waals surface area contributed by atoms with Crippen molar-refractivity contribution in [2.75, 3.05) is 18.5 Å². The van der Waals surface area contributed by atoms with Crippen LogP contribution in [0.3, 0.4) is 0 Å². The van der Waals surface area contributed by atoms with Gasteiger partial charge in [-0.15, -0.1) is 6.42 Å². The lowest BCUT2D eigenvalue weighted by Gasteiger charge is -2.18.